The molecule has 0 bridgehead atoms. The number of aliphatic hydroxyl groups excluding tert-OH is 1. The van der Waals surface area contributed by atoms with Gasteiger partial charge in [-0.2, -0.15) is 0 Å². The second-order valence-corrected chi connectivity index (χ2v) is 4.99. The molecule has 0 fully saturated rings. The van der Waals surface area contributed by atoms with E-state index in [2.05, 4.69) is 20.9 Å². The molecule has 0 aliphatic carbocycles. The van der Waals surface area contributed by atoms with E-state index in [1.807, 2.05) is 53.1 Å². The SMILES string of the molecule is OC(c1ccccc1)c1cnc2ccc(Br)cn12. The predicted octanol–water partition coefficient (Wildman–Crippen LogP) is 3.18. The third-order valence-electron chi connectivity index (χ3n) is 2.89. The van der Waals surface area contributed by atoms with Gasteiger partial charge < -0.3 is 5.11 Å². The zero-order valence-electron chi connectivity index (χ0n) is 9.49. The molecular weight excluding hydrogens is 292 g/mol. The maximum atomic E-state index is 10.4. The summed E-state index contributed by atoms with van der Waals surface area (Å²) in [5.74, 6) is 0. The van der Waals surface area contributed by atoms with Crippen LogP contribution in [0.3, 0.4) is 0 Å². The number of fused-ring (bicyclic) bond motifs is 1. The lowest BCUT2D eigenvalue weighted by atomic mass is 10.1. The summed E-state index contributed by atoms with van der Waals surface area (Å²) in [6, 6.07) is 13.4. The minimum absolute atomic E-state index is 0.671. The first kappa shape index (κ1) is 11.4. The molecule has 3 rings (SSSR count). The van der Waals surface area contributed by atoms with Crippen LogP contribution in [0, 0.1) is 0 Å². The van der Waals surface area contributed by atoms with Crippen molar-refractivity contribution >= 4 is 21.6 Å². The molecule has 1 unspecified atom stereocenters. The van der Waals surface area contributed by atoms with Gasteiger partial charge in [0.2, 0.25) is 0 Å². The van der Waals surface area contributed by atoms with E-state index in [4.69, 9.17) is 0 Å². The van der Waals surface area contributed by atoms with Crippen LogP contribution in [0.5, 0.6) is 0 Å². The zero-order valence-corrected chi connectivity index (χ0v) is 11.1. The molecule has 0 aliphatic heterocycles. The van der Waals surface area contributed by atoms with Crippen molar-refractivity contribution in [3.05, 3.63) is 70.6 Å². The van der Waals surface area contributed by atoms with E-state index in [1.54, 1.807) is 6.20 Å². The van der Waals surface area contributed by atoms with Crippen LogP contribution in [0.2, 0.25) is 0 Å². The molecule has 1 aromatic carbocycles. The molecule has 3 nitrogen and oxygen atoms in total. The van der Waals surface area contributed by atoms with Gasteiger partial charge in [0.15, 0.2) is 0 Å². The van der Waals surface area contributed by atoms with Gasteiger partial charge in [-0.15, -0.1) is 0 Å². The molecule has 90 valence electrons. The minimum atomic E-state index is -0.671. The fourth-order valence-corrected chi connectivity index (χ4v) is 2.32. The van der Waals surface area contributed by atoms with Crippen LogP contribution in [-0.2, 0) is 0 Å². The highest BCUT2D eigenvalue weighted by atomic mass is 79.9. The van der Waals surface area contributed by atoms with Gasteiger partial charge >= 0.3 is 0 Å². The van der Waals surface area contributed by atoms with E-state index in [9.17, 15) is 5.11 Å². The van der Waals surface area contributed by atoms with Gasteiger partial charge in [-0.25, -0.2) is 4.98 Å². The average molecular weight is 303 g/mol. The summed E-state index contributed by atoms with van der Waals surface area (Å²) in [6.45, 7) is 0. The Morgan fingerprint density at radius 3 is 2.67 bits per heavy atom. The highest BCUT2D eigenvalue weighted by Gasteiger charge is 2.14. The fraction of sp³-hybridized carbons (Fsp3) is 0.0714. The number of halogens is 1. The van der Waals surface area contributed by atoms with Crippen LogP contribution in [0.15, 0.2) is 59.3 Å². The van der Waals surface area contributed by atoms with Crippen molar-refractivity contribution in [1.82, 2.24) is 9.38 Å². The van der Waals surface area contributed by atoms with Gasteiger partial charge in [0.25, 0.3) is 0 Å². The van der Waals surface area contributed by atoms with Gasteiger partial charge in [-0.1, -0.05) is 30.3 Å². The average Bonchev–Trinajstić information content (AvgIpc) is 2.82. The molecule has 0 spiro atoms. The van der Waals surface area contributed by atoms with Crippen molar-refractivity contribution in [2.75, 3.05) is 0 Å². The Kier molecular flexibility index (Phi) is 2.89. The van der Waals surface area contributed by atoms with Gasteiger partial charge in [0.1, 0.15) is 11.8 Å². The normalized spacial score (nSPS) is 12.8. The Hall–Kier alpha value is -1.65. The molecule has 0 saturated carbocycles. The first-order valence-electron chi connectivity index (χ1n) is 5.61. The first-order chi connectivity index (χ1) is 8.75. The van der Waals surface area contributed by atoms with Gasteiger partial charge in [0, 0.05) is 10.7 Å². The zero-order chi connectivity index (χ0) is 12.5. The first-order valence-corrected chi connectivity index (χ1v) is 6.40. The van der Waals surface area contributed by atoms with Gasteiger partial charge in [0.05, 0.1) is 11.9 Å². The highest BCUT2D eigenvalue weighted by Crippen LogP contribution is 2.23. The lowest BCUT2D eigenvalue weighted by molar-refractivity contribution is 0.214. The van der Waals surface area contributed by atoms with E-state index >= 15 is 0 Å². The summed E-state index contributed by atoms with van der Waals surface area (Å²) in [5.41, 5.74) is 2.44. The number of benzene rings is 1. The van der Waals surface area contributed by atoms with E-state index in [0.717, 1.165) is 21.4 Å². The van der Waals surface area contributed by atoms with E-state index in [-0.39, 0.29) is 0 Å². The fourth-order valence-electron chi connectivity index (χ4n) is 1.98. The van der Waals surface area contributed by atoms with Crippen LogP contribution in [0.25, 0.3) is 5.65 Å². The second-order valence-electron chi connectivity index (χ2n) is 4.07. The third kappa shape index (κ3) is 1.94. The minimum Gasteiger partial charge on any atom is -0.382 e. The number of nitrogens with zero attached hydrogens (tertiary/aromatic N) is 2. The van der Waals surface area contributed by atoms with Crippen molar-refractivity contribution in [3.8, 4) is 0 Å². The quantitative estimate of drug-likeness (QED) is 0.789. The number of aromatic nitrogens is 2. The van der Waals surface area contributed by atoms with E-state index < -0.39 is 6.10 Å². The van der Waals surface area contributed by atoms with Gasteiger partial charge in [-0.05, 0) is 33.6 Å². The summed E-state index contributed by atoms with van der Waals surface area (Å²) < 4.78 is 2.84. The maximum absolute atomic E-state index is 10.4. The summed E-state index contributed by atoms with van der Waals surface area (Å²) in [6.07, 6.45) is 2.94. The lowest BCUT2D eigenvalue weighted by Gasteiger charge is -2.10. The number of hydrogen-bond donors (Lipinski definition) is 1. The number of hydrogen-bond acceptors (Lipinski definition) is 2. The van der Waals surface area contributed by atoms with Crippen molar-refractivity contribution in [2.24, 2.45) is 0 Å². The molecule has 1 atom stereocenters. The Labute approximate surface area is 113 Å². The van der Waals surface area contributed by atoms with Crippen molar-refractivity contribution in [1.29, 1.82) is 0 Å². The largest absolute Gasteiger partial charge is 0.382 e. The molecule has 1 N–H and O–H groups in total. The monoisotopic (exact) mass is 302 g/mol. The number of imidazole rings is 1. The second kappa shape index (κ2) is 4.55. The molecule has 0 saturated heterocycles. The van der Waals surface area contributed by atoms with Crippen molar-refractivity contribution < 1.29 is 5.11 Å². The third-order valence-corrected chi connectivity index (χ3v) is 3.36. The molecule has 2 heterocycles. The summed E-state index contributed by atoms with van der Waals surface area (Å²) in [7, 11) is 0. The number of pyridine rings is 1. The Bertz CT molecular complexity index is 679. The molecule has 0 amide bonds. The smallest absolute Gasteiger partial charge is 0.137 e. The molecule has 0 radical (unpaired) electrons. The summed E-state index contributed by atoms with van der Waals surface area (Å²) >= 11 is 3.43. The van der Waals surface area contributed by atoms with Crippen molar-refractivity contribution in [3.63, 3.8) is 0 Å². The van der Waals surface area contributed by atoms with E-state index in [1.165, 1.54) is 0 Å². The number of aliphatic hydroxyl groups is 1. The summed E-state index contributed by atoms with van der Waals surface area (Å²) in [4.78, 5) is 4.29. The maximum Gasteiger partial charge on any atom is 0.137 e. The molecular formula is C14H11BrN2O. The van der Waals surface area contributed by atoms with Crippen molar-refractivity contribution in [2.45, 2.75) is 6.10 Å². The molecule has 4 heteroatoms. The van der Waals surface area contributed by atoms with Crippen LogP contribution in [0.4, 0.5) is 0 Å². The molecule has 0 aliphatic rings. The van der Waals surface area contributed by atoms with E-state index in [0.29, 0.717) is 0 Å². The highest BCUT2D eigenvalue weighted by molar-refractivity contribution is 9.10. The Morgan fingerprint density at radius 2 is 1.89 bits per heavy atom. The van der Waals surface area contributed by atoms with Crippen LogP contribution in [0.1, 0.15) is 17.4 Å². The van der Waals surface area contributed by atoms with Crippen LogP contribution >= 0.6 is 15.9 Å². The Balaban J connectivity index is 2.12. The van der Waals surface area contributed by atoms with Crippen LogP contribution in [-0.4, -0.2) is 14.5 Å². The number of rotatable bonds is 2. The lowest BCUT2D eigenvalue weighted by Crippen LogP contribution is -2.03. The molecule has 3 aromatic rings. The van der Waals surface area contributed by atoms with Gasteiger partial charge in [-0.3, -0.25) is 4.40 Å². The Morgan fingerprint density at radius 1 is 1.11 bits per heavy atom. The standard InChI is InChI=1S/C14H11BrN2O/c15-11-6-7-13-16-8-12(17(13)9-11)14(18)10-4-2-1-3-5-10/h1-9,14,18H. The predicted molar refractivity (Wildman–Crippen MR) is 73.4 cm³/mol. The summed E-state index contributed by atoms with van der Waals surface area (Å²) in [5, 5.41) is 10.4. The topological polar surface area (TPSA) is 37.5 Å². The molecule has 18 heavy (non-hydrogen) atoms. The van der Waals surface area contributed by atoms with Crippen LogP contribution < -0.4 is 0 Å². The molecule has 2 aromatic heterocycles.